The van der Waals surface area contributed by atoms with E-state index in [2.05, 4.69) is 4.98 Å². The molecule has 1 fully saturated rings. The Morgan fingerprint density at radius 2 is 1.66 bits per heavy atom. The predicted octanol–water partition coefficient (Wildman–Crippen LogP) is 1.61. The van der Waals surface area contributed by atoms with E-state index < -0.39 is 57.1 Å². The molecule has 0 radical (unpaired) electrons. The third kappa shape index (κ3) is 8.41. The fraction of sp³-hybridized carbons (Fsp3) is 0.296. The average Bonchev–Trinajstić information content (AvgIpc) is 2.96. The largest absolute Gasteiger partial charge is 0.470 e. The SMILES string of the molecule is NCCc1ccc(O[C@@H]2O[C@H](COC(=O)c3cccnc3)[C@@H](O)[C@H](OP(=O)(O)O)[C@H]2OC(=O)c2ccccc2)cc1. The van der Waals surface area contributed by atoms with Crippen LogP contribution in [0.3, 0.4) is 0 Å². The molecular formula is C27H29N2O11P. The highest BCUT2D eigenvalue weighted by molar-refractivity contribution is 7.46. The normalized spacial score (nSPS) is 22.5. The van der Waals surface area contributed by atoms with E-state index >= 15 is 0 Å². The summed E-state index contributed by atoms with van der Waals surface area (Å²) in [4.78, 5) is 48.5. The quantitative estimate of drug-likeness (QED) is 0.186. The smallest absolute Gasteiger partial charge is 0.461 e. The molecule has 2 heterocycles. The van der Waals surface area contributed by atoms with Gasteiger partial charge in [0, 0.05) is 12.4 Å². The number of aliphatic hydroxyl groups is 1. The second-order valence-corrected chi connectivity index (χ2v) is 10.2. The Bertz CT molecular complexity index is 1340. The predicted molar refractivity (Wildman–Crippen MR) is 142 cm³/mol. The van der Waals surface area contributed by atoms with Gasteiger partial charge in [0.05, 0.1) is 11.1 Å². The summed E-state index contributed by atoms with van der Waals surface area (Å²) in [6, 6.07) is 17.5. The molecule has 0 amide bonds. The van der Waals surface area contributed by atoms with Crippen LogP contribution in [0, 0.1) is 0 Å². The first-order valence-electron chi connectivity index (χ1n) is 12.5. The molecular weight excluding hydrogens is 559 g/mol. The maximum atomic E-state index is 12.9. The molecule has 1 aliphatic heterocycles. The zero-order valence-electron chi connectivity index (χ0n) is 21.6. The van der Waals surface area contributed by atoms with E-state index in [0.29, 0.717) is 13.0 Å². The van der Waals surface area contributed by atoms with Crippen molar-refractivity contribution in [2.24, 2.45) is 5.73 Å². The molecule has 1 aromatic heterocycles. The number of pyridine rings is 1. The Kier molecular flexibility index (Phi) is 10.2. The van der Waals surface area contributed by atoms with Crippen molar-refractivity contribution in [3.05, 3.63) is 95.8 Å². The molecule has 5 atom stereocenters. The van der Waals surface area contributed by atoms with Crippen molar-refractivity contribution in [1.82, 2.24) is 4.98 Å². The highest BCUT2D eigenvalue weighted by atomic mass is 31.2. The number of nitrogens with two attached hydrogens (primary N) is 1. The summed E-state index contributed by atoms with van der Waals surface area (Å²) in [5.74, 6) is -1.43. The fourth-order valence-corrected chi connectivity index (χ4v) is 4.61. The molecule has 41 heavy (non-hydrogen) atoms. The number of ether oxygens (including phenoxy) is 4. The molecule has 1 aliphatic rings. The van der Waals surface area contributed by atoms with Crippen LogP contribution in [0.2, 0.25) is 0 Å². The standard InChI is InChI=1S/C27H29N2O11P/c28-13-12-17-8-10-20(11-9-17)37-27-24(39-26(32)18-5-2-1-3-6-18)23(40-41(33,34)35)22(30)21(38-27)16-36-25(31)19-7-4-14-29-15-19/h1-11,14-15,21-24,27,30H,12-13,16,28H2,(H2,33,34,35)/t21-,22-,23+,24-,27-/m1/s1. The van der Waals surface area contributed by atoms with E-state index in [1.165, 1.54) is 36.7 Å². The van der Waals surface area contributed by atoms with Crippen molar-refractivity contribution in [1.29, 1.82) is 0 Å². The Hall–Kier alpha value is -3.68. The molecule has 218 valence electrons. The minimum atomic E-state index is -5.25. The third-order valence-electron chi connectivity index (χ3n) is 6.01. The molecule has 0 saturated carbocycles. The van der Waals surface area contributed by atoms with Crippen LogP contribution in [0.15, 0.2) is 79.1 Å². The highest BCUT2D eigenvalue weighted by Crippen LogP contribution is 2.42. The number of hydrogen-bond acceptors (Lipinski definition) is 11. The van der Waals surface area contributed by atoms with Crippen LogP contribution in [0.1, 0.15) is 26.3 Å². The van der Waals surface area contributed by atoms with Gasteiger partial charge in [-0.3, -0.25) is 9.51 Å². The summed E-state index contributed by atoms with van der Waals surface area (Å²) in [5, 5.41) is 11.1. The average molecular weight is 589 g/mol. The van der Waals surface area contributed by atoms with Crippen LogP contribution >= 0.6 is 7.82 Å². The molecule has 0 bridgehead atoms. The number of phosphoric ester groups is 1. The number of aromatic nitrogens is 1. The van der Waals surface area contributed by atoms with Crippen LogP contribution in [-0.2, 0) is 29.7 Å². The Labute approximate surface area is 235 Å². The lowest BCUT2D eigenvalue weighted by atomic mass is 9.99. The zero-order chi connectivity index (χ0) is 29.4. The second kappa shape index (κ2) is 13.8. The van der Waals surface area contributed by atoms with Crippen molar-refractivity contribution < 1.29 is 52.5 Å². The van der Waals surface area contributed by atoms with Gasteiger partial charge in [-0.1, -0.05) is 30.3 Å². The second-order valence-electron chi connectivity index (χ2n) is 8.97. The van der Waals surface area contributed by atoms with Gasteiger partial charge in [0.1, 0.15) is 30.7 Å². The summed E-state index contributed by atoms with van der Waals surface area (Å²) in [7, 11) is -5.25. The van der Waals surface area contributed by atoms with Gasteiger partial charge in [0.2, 0.25) is 6.29 Å². The van der Waals surface area contributed by atoms with Gasteiger partial charge in [0.25, 0.3) is 0 Å². The zero-order valence-corrected chi connectivity index (χ0v) is 22.5. The van der Waals surface area contributed by atoms with E-state index in [4.69, 9.17) is 29.2 Å². The van der Waals surface area contributed by atoms with Gasteiger partial charge in [-0.15, -0.1) is 0 Å². The van der Waals surface area contributed by atoms with Crippen molar-refractivity contribution in [3.8, 4) is 5.75 Å². The first-order valence-corrected chi connectivity index (χ1v) is 14.0. The van der Waals surface area contributed by atoms with E-state index in [-0.39, 0.29) is 16.9 Å². The van der Waals surface area contributed by atoms with Crippen LogP contribution < -0.4 is 10.5 Å². The van der Waals surface area contributed by atoms with Crippen molar-refractivity contribution in [3.63, 3.8) is 0 Å². The van der Waals surface area contributed by atoms with E-state index in [0.717, 1.165) is 5.56 Å². The number of phosphoric acid groups is 1. The Balaban J connectivity index is 1.62. The van der Waals surface area contributed by atoms with Gasteiger partial charge in [-0.25, -0.2) is 14.2 Å². The summed E-state index contributed by atoms with van der Waals surface area (Å²) in [6.45, 7) is -0.132. The number of rotatable bonds is 11. The summed E-state index contributed by atoms with van der Waals surface area (Å²) >= 11 is 0. The number of carbonyl (C=O) groups is 2. The number of aliphatic hydroxyl groups excluding tert-OH is 1. The van der Waals surface area contributed by atoms with Gasteiger partial charge in [-0.05, 0) is 54.9 Å². The number of carbonyl (C=O) groups excluding carboxylic acids is 2. The van der Waals surface area contributed by atoms with Gasteiger partial charge < -0.3 is 39.6 Å². The third-order valence-corrected chi connectivity index (χ3v) is 6.53. The molecule has 13 nitrogen and oxygen atoms in total. The molecule has 0 spiro atoms. The minimum absolute atomic E-state index is 0.120. The molecule has 3 aromatic rings. The maximum Gasteiger partial charge on any atom is 0.470 e. The molecule has 0 aliphatic carbocycles. The Morgan fingerprint density at radius 3 is 2.29 bits per heavy atom. The van der Waals surface area contributed by atoms with Crippen LogP contribution in [0.4, 0.5) is 0 Å². The number of esters is 2. The molecule has 0 unspecified atom stereocenters. The molecule has 1 saturated heterocycles. The maximum absolute atomic E-state index is 12.9. The molecule has 14 heteroatoms. The van der Waals surface area contributed by atoms with Crippen molar-refractivity contribution in [2.45, 2.75) is 37.1 Å². The first-order chi connectivity index (χ1) is 19.6. The fourth-order valence-electron chi connectivity index (χ4n) is 4.05. The van der Waals surface area contributed by atoms with E-state index in [1.807, 2.05) is 0 Å². The molecule has 2 aromatic carbocycles. The van der Waals surface area contributed by atoms with Crippen LogP contribution in [0.5, 0.6) is 5.75 Å². The first kappa shape index (κ1) is 30.3. The van der Waals surface area contributed by atoms with Crippen LogP contribution in [0.25, 0.3) is 0 Å². The molecule has 4 rings (SSSR count). The van der Waals surface area contributed by atoms with Crippen molar-refractivity contribution >= 4 is 19.8 Å². The number of nitrogens with zero attached hydrogens (tertiary/aromatic N) is 1. The van der Waals surface area contributed by atoms with E-state index in [9.17, 15) is 29.0 Å². The summed E-state index contributed by atoms with van der Waals surface area (Å²) in [5.41, 5.74) is 6.77. The lowest BCUT2D eigenvalue weighted by Crippen LogP contribution is -2.62. The number of benzene rings is 2. The number of hydrogen-bond donors (Lipinski definition) is 4. The van der Waals surface area contributed by atoms with Crippen LogP contribution in [-0.4, -0.2) is 75.7 Å². The lowest BCUT2D eigenvalue weighted by Gasteiger charge is -2.43. The highest BCUT2D eigenvalue weighted by Gasteiger charge is 2.52. The topological polar surface area (TPSA) is 197 Å². The lowest BCUT2D eigenvalue weighted by molar-refractivity contribution is -0.273. The molecule has 5 N–H and O–H groups in total. The summed E-state index contributed by atoms with van der Waals surface area (Å²) in [6.07, 6.45) is -4.93. The summed E-state index contributed by atoms with van der Waals surface area (Å²) < 4.78 is 39.4. The monoisotopic (exact) mass is 588 g/mol. The van der Waals surface area contributed by atoms with Gasteiger partial charge in [-0.2, -0.15) is 0 Å². The Morgan fingerprint density at radius 1 is 0.951 bits per heavy atom. The van der Waals surface area contributed by atoms with Gasteiger partial charge >= 0.3 is 19.8 Å². The van der Waals surface area contributed by atoms with E-state index in [1.54, 1.807) is 42.5 Å². The van der Waals surface area contributed by atoms with Gasteiger partial charge in [0.15, 0.2) is 6.10 Å². The van der Waals surface area contributed by atoms with Crippen molar-refractivity contribution in [2.75, 3.05) is 13.2 Å². The minimum Gasteiger partial charge on any atom is -0.461 e.